The molecular formula is C51H83NO19. The second kappa shape index (κ2) is 21.1. The molecule has 23 atom stereocenters. The van der Waals surface area contributed by atoms with Crippen LogP contribution in [0.5, 0.6) is 0 Å². The average molecular weight is 1010 g/mol. The first kappa shape index (κ1) is 56.5. The molecule has 1 amide bonds. The van der Waals surface area contributed by atoms with Gasteiger partial charge in [-0.1, -0.05) is 60.1 Å². The number of carbonyl (C=O) groups is 3. The van der Waals surface area contributed by atoms with Gasteiger partial charge in [0.05, 0.1) is 49.0 Å². The largest absolute Gasteiger partial charge is 0.479 e. The van der Waals surface area contributed by atoms with E-state index in [0.717, 1.165) is 25.5 Å². The highest BCUT2D eigenvalue weighted by Crippen LogP contribution is 2.76. The zero-order valence-corrected chi connectivity index (χ0v) is 42.6. The van der Waals surface area contributed by atoms with E-state index in [4.69, 9.17) is 28.4 Å². The molecule has 0 bridgehead atoms. The van der Waals surface area contributed by atoms with Gasteiger partial charge in [-0.05, 0) is 111 Å². The molecule has 0 aromatic carbocycles. The van der Waals surface area contributed by atoms with Gasteiger partial charge in [0.25, 0.3) is 0 Å². The van der Waals surface area contributed by atoms with Crippen LogP contribution in [0, 0.1) is 50.2 Å². The SMILES string of the molecule is CCCNC(=O)[C@]12CCC(C)(C)CC1C1=CCC3C4(C)CC[C@H](O[C@H](OC(C(=O)O)[C@H](C)O)[C@H](CO[C@@H]5OC[C@@H](O)C(O)[C@@H]5O)O[C@@H]5OC(CO)[C@H](O)C(O)[C@@H]5O)[C@](C)(C=O)C4CC[C@@]3(C)[C@]1(C)C[C@H]2O. The van der Waals surface area contributed by atoms with Gasteiger partial charge >= 0.3 is 5.97 Å². The quantitative estimate of drug-likeness (QED) is 0.0542. The number of hydrogen-bond acceptors (Lipinski definition) is 18. The number of nitrogens with one attached hydrogen (secondary N) is 1. The van der Waals surface area contributed by atoms with Crippen LogP contribution in [0.3, 0.4) is 0 Å². The molecule has 6 fully saturated rings. The van der Waals surface area contributed by atoms with Gasteiger partial charge < -0.3 is 89.6 Å². The Labute approximate surface area is 416 Å². The molecule has 11 N–H and O–H groups in total. The average Bonchev–Trinajstić information content (AvgIpc) is 3.31. The van der Waals surface area contributed by atoms with E-state index < -0.39 is 140 Å². The lowest BCUT2D eigenvalue weighted by Crippen LogP contribution is -2.69. The van der Waals surface area contributed by atoms with Gasteiger partial charge in [-0.3, -0.25) is 4.79 Å². The number of aliphatic hydroxyl groups excluding tert-OH is 9. The molecule has 2 aliphatic heterocycles. The second-order valence-corrected chi connectivity index (χ2v) is 23.8. The maximum atomic E-state index is 14.3. The summed E-state index contributed by atoms with van der Waals surface area (Å²) in [5.41, 5.74) is -2.39. The van der Waals surface area contributed by atoms with Gasteiger partial charge in [0, 0.05) is 6.54 Å². The molecule has 0 spiro atoms. The Kier molecular flexibility index (Phi) is 16.7. The highest BCUT2D eigenvalue weighted by atomic mass is 16.8. The summed E-state index contributed by atoms with van der Waals surface area (Å²) in [6.07, 6.45) is -15.4. The number of amides is 1. The van der Waals surface area contributed by atoms with E-state index in [1.54, 1.807) is 6.92 Å². The number of fused-ring (bicyclic) bond motifs is 7. The number of carbonyl (C=O) groups excluding carboxylic acids is 2. The number of aldehydes is 1. The molecule has 406 valence electrons. The van der Waals surface area contributed by atoms with Crippen molar-refractivity contribution in [2.24, 2.45) is 50.2 Å². The molecule has 2 heterocycles. The summed E-state index contributed by atoms with van der Waals surface area (Å²) >= 11 is 0. The summed E-state index contributed by atoms with van der Waals surface area (Å²) in [5.74, 6) is -2.15. The molecule has 7 rings (SSSR count). The maximum absolute atomic E-state index is 14.3. The molecule has 7 aliphatic rings. The lowest BCUT2D eigenvalue weighted by atomic mass is 9.33. The van der Waals surface area contributed by atoms with Gasteiger partial charge in [-0.15, -0.1) is 0 Å². The number of aliphatic hydroxyl groups is 9. The third-order valence-electron chi connectivity index (χ3n) is 19.2. The Bertz CT molecular complexity index is 1940. The monoisotopic (exact) mass is 1010 g/mol. The molecular weight excluding hydrogens is 931 g/mol. The third-order valence-corrected chi connectivity index (χ3v) is 19.2. The summed E-state index contributed by atoms with van der Waals surface area (Å²) in [7, 11) is 0. The molecule has 0 aromatic heterocycles. The molecule has 71 heavy (non-hydrogen) atoms. The van der Waals surface area contributed by atoms with Crippen molar-refractivity contribution in [1.29, 1.82) is 0 Å². The van der Waals surface area contributed by atoms with Crippen molar-refractivity contribution >= 4 is 18.2 Å². The van der Waals surface area contributed by atoms with E-state index in [0.29, 0.717) is 45.1 Å². The van der Waals surface area contributed by atoms with E-state index in [1.165, 1.54) is 12.5 Å². The molecule has 2 saturated heterocycles. The summed E-state index contributed by atoms with van der Waals surface area (Å²) in [6, 6.07) is 0. The van der Waals surface area contributed by atoms with E-state index in [-0.39, 0.29) is 40.9 Å². The first-order chi connectivity index (χ1) is 33.2. The summed E-state index contributed by atoms with van der Waals surface area (Å²) < 4.78 is 36.0. The number of aliphatic carboxylic acids is 1. The Morgan fingerprint density at radius 3 is 2.20 bits per heavy atom. The van der Waals surface area contributed by atoms with Crippen molar-refractivity contribution in [2.75, 3.05) is 26.4 Å². The predicted octanol–water partition coefficient (Wildman–Crippen LogP) is 0.667. The second-order valence-electron chi connectivity index (χ2n) is 23.8. The van der Waals surface area contributed by atoms with Crippen molar-refractivity contribution in [3.63, 3.8) is 0 Å². The number of allylic oxidation sites excluding steroid dienone is 2. The van der Waals surface area contributed by atoms with E-state index in [1.807, 2.05) is 6.92 Å². The summed E-state index contributed by atoms with van der Waals surface area (Å²) in [6.45, 7) is 14.8. The van der Waals surface area contributed by atoms with Crippen LogP contribution in [0.2, 0.25) is 0 Å². The molecule has 4 saturated carbocycles. The molecule has 5 aliphatic carbocycles. The van der Waals surface area contributed by atoms with Gasteiger partial charge in [-0.2, -0.15) is 0 Å². The fourth-order valence-corrected chi connectivity index (χ4v) is 14.8. The predicted molar refractivity (Wildman–Crippen MR) is 249 cm³/mol. The topological polar surface area (TPSA) is 321 Å². The maximum Gasteiger partial charge on any atom is 0.335 e. The Morgan fingerprint density at radius 1 is 0.873 bits per heavy atom. The van der Waals surface area contributed by atoms with Crippen LogP contribution in [-0.2, 0) is 42.8 Å². The minimum atomic E-state index is -1.98. The van der Waals surface area contributed by atoms with Crippen LogP contribution in [0.4, 0.5) is 0 Å². The van der Waals surface area contributed by atoms with Gasteiger partial charge in [-0.25, -0.2) is 4.79 Å². The third kappa shape index (κ3) is 9.70. The summed E-state index contributed by atoms with van der Waals surface area (Å²) in [5, 5.41) is 110. The first-order valence-corrected chi connectivity index (χ1v) is 25.8. The van der Waals surface area contributed by atoms with Gasteiger partial charge in [0.15, 0.2) is 25.0 Å². The van der Waals surface area contributed by atoms with Crippen LogP contribution in [0.15, 0.2) is 11.6 Å². The standard InChI is InChI=1S/C51H83NO19/c1-9-18-52-45(65)51-17-16-46(3,4)19-27(51)26-10-11-32-47(5)14-13-34(48(6,24-54)31(47)12-15-49(32,7)50(26,8)20-33(51)57)70-42(71-40(25(2)55)41(63)64)30(23-67-43-38(61)35(58)28(56)22-66-43)69-44-39(62)37(60)36(59)29(21-53)68-44/h10,24-25,27-40,42-44,53,55-62H,9,11-23H2,1-8H3,(H,52,65)(H,63,64)/t25-,27?,28+,29?,30-,31?,32?,33+,34-,35?,36-,37?,38-,39-,40?,42+,43-,44-,47?,48+,49+,50+,51+/m0/s1. The van der Waals surface area contributed by atoms with Crippen molar-refractivity contribution in [2.45, 2.75) is 212 Å². The molecule has 8 unspecified atom stereocenters. The highest BCUT2D eigenvalue weighted by molar-refractivity contribution is 5.85. The number of hydrogen-bond donors (Lipinski definition) is 11. The van der Waals surface area contributed by atoms with E-state index in [2.05, 4.69) is 46.0 Å². The lowest BCUT2D eigenvalue weighted by molar-refractivity contribution is -0.355. The molecule has 20 heteroatoms. The number of ether oxygens (including phenoxy) is 6. The number of rotatable bonds is 17. The van der Waals surface area contributed by atoms with Crippen LogP contribution in [-0.4, -0.2) is 188 Å². The molecule has 20 nitrogen and oxygen atoms in total. The Morgan fingerprint density at radius 2 is 1.56 bits per heavy atom. The summed E-state index contributed by atoms with van der Waals surface area (Å²) in [4.78, 5) is 40.9. The molecule has 0 radical (unpaired) electrons. The van der Waals surface area contributed by atoms with Gasteiger partial charge in [0.2, 0.25) is 5.91 Å². The number of carboxylic acid groups (broad SMARTS) is 1. The fraction of sp³-hybridized carbons (Fsp3) is 0.902. The minimum Gasteiger partial charge on any atom is -0.479 e. The van der Waals surface area contributed by atoms with Crippen molar-refractivity contribution in [3.8, 4) is 0 Å². The Hall–Kier alpha value is -2.25. The Balaban J connectivity index is 1.23. The lowest BCUT2D eigenvalue weighted by Gasteiger charge is -2.71. The van der Waals surface area contributed by atoms with Crippen molar-refractivity contribution in [3.05, 3.63) is 11.6 Å². The zero-order chi connectivity index (χ0) is 52.4. The fourth-order valence-electron chi connectivity index (χ4n) is 14.8. The van der Waals surface area contributed by atoms with Crippen LogP contribution < -0.4 is 5.32 Å². The van der Waals surface area contributed by atoms with E-state index in [9.17, 15) is 65.4 Å². The minimum absolute atomic E-state index is 0.0121. The number of carboxylic acids is 1. The zero-order valence-electron chi connectivity index (χ0n) is 42.6. The molecule has 0 aromatic rings. The van der Waals surface area contributed by atoms with Crippen LogP contribution in [0.25, 0.3) is 0 Å². The van der Waals surface area contributed by atoms with Crippen LogP contribution in [0.1, 0.15) is 120 Å². The smallest absolute Gasteiger partial charge is 0.335 e. The van der Waals surface area contributed by atoms with Crippen molar-refractivity contribution in [1.82, 2.24) is 5.32 Å². The van der Waals surface area contributed by atoms with Gasteiger partial charge in [0.1, 0.15) is 55.1 Å². The highest BCUT2D eigenvalue weighted by Gasteiger charge is 2.72. The van der Waals surface area contributed by atoms with Crippen LogP contribution >= 0.6 is 0 Å². The first-order valence-electron chi connectivity index (χ1n) is 25.8. The van der Waals surface area contributed by atoms with Crippen molar-refractivity contribution < 1.29 is 93.9 Å². The van der Waals surface area contributed by atoms with E-state index >= 15 is 0 Å². The normalized spacial score (nSPS) is 46.9.